The van der Waals surface area contributed by atoms with E-state index in [1.54, 1.807) is 22.1 Å². The maximum atomic E-state index is 12.8. The van der Waals surface area contributed by atoms with Gasteiger partial charge in [0.25, 0.3) is 0 Å². The summed E-state index contributed by atoms with van der Waals surface area (Å²) < 4.78 is 7.59. The van der Waals surface area contributed by atoms with Gasteiger partial charge in [0, 0.05) is 22.9 Å². The quantitative estimate of drug-likeness (QED) is 0.587. The van der Waals surface area contributed by atoms with Crippen molar-refractivity contribution in [2.24, 2.45) is 0 Å². The Kier molecular flexibility index (Phi) is 4.13. The first kappa shape index (κ1) is 16.4. The van der Waals surface area contributed by atoms with Crippen molar-refractivity contribution in [1.29, 1.82) is 0 Å². The summed E-state index contributed by atoms with van der Waals surface area (Å²) in [5.74, 6) is 0.588. The monoisotopic (exact) mass is 377 g/mol. The third-order valence-electron chi connectivity index (χ3n) is 5.35. The number of cyclic esters (lactones) is 1. The fourth-order valence-corrected chi connectivity index (χ4v) is 4.61. The number of carbonyl (C=O) groups is 1. The van der Waals surface area contributed by atoms with Crippen molar-refractivity contribution >= 4 is 29.1 Å². The van der Waals surface area contributed by atoms with Crippen LogP contribution in [-0.4, -0.2) is 21.0 Å². The molecule has 1 aromatic carbocycles. The Labute approximate surface area is 161 Å². The zero-order chi connectivity index (χ0) is 18.2. The Bertz CT molecular complexity index is 1010. The van der Waals surface area contributed by atoms with Crippen molar-refractivity contribution < 1.29 is 9.53 Å². The molecule has 5 nitrogen and oxygen atoms in total. The van der Waals surface area contributed by atoms with Crippen LogP contribution in [-0.2, 0) is 4.74 Å². The second-order valence-electron chi connectivity index (χ2n) is 7.03. The molecule has 1 fully saturated rings. The fourth-order valence-electron chi connectivity index (χ4n) is 3.97. The van der Waals surface area contributed by atoms with Gasteiger partial charge in [-0.05, 0) is 36.4 Å². The van der Waals surface area contributed by atoms with E-state index < -0.39 is 0 Å². The summed E-state index contributed by atoms with van der Waals surface area (Å²) in [7, 11) is 0. The van der Waals surface area contributed by atoms with E-state index in [1.165, 1.54) is 19.3 Å². The highest BCUT2D eigenvalue weighted by atomic mass is 32.1. The molecular formula is C21H19N3O2S. The molecule has 0 bridgehead atoms. The summed E-state index contributed by atoms with van der Waals surface area (Å²) in [6.07, 6.45) is 7.94. The SMILES string of the molecule is O=C1O/C(c2ccsc2)=C\c2c(C3CCCCC3)nnn2-c2ccccc21. The first-order valence-electron chi connectivity index (χ1n) is 9.33. The summed E-state index contributed by atoms with van der Waals surface area (Å²) in [4.78, 5) is 12.8. The van der Waals surface area contributed by atoms with Crippen molar-refractivity contribution in [2.75, 3.05) is 0 Å². The number of esters is 1. The Morgan fingerprint density at radius 3 is 2.78 bits per heavy atom. The smallest absolute Gasteiger partial charge is 0.345 e. The van der Waals surface area contributed by atoms with Gasteiger partial charge in [-0.1, -0.05) is 36.6 Å². The van der Waals surface area contributed by atoms with Crippen LogP contribution in [0.3, 0.4) is 0 Å². The molecule has 0 saturated heterocycles. The lowest BCUT2D eigenvalue weighted by molar-refractivity contribution is 0.0692. The number of nitrogens with zero attached hydrogens (tertiary/aromatic N) is 3. The van der Waals surface area contributed by atoms with E-state index in [2.05, 4.69) is 10.3 Å². The molecule has 2 aliphatic rings. The first-order valence-corrected chi connectivity index (χ1v) is 10.3. The number of hydrogen-bond donors (Lipinski definition) is 0. The van der Waals surface area contributed by atoms with Gasteiger partial charge < -0.3 is 4.74 Å². The average Bonchev–Trinajstić information content (AvgIpc) is 3.37. The highest BCUT2D eigenvalue weighted by Gasteiger charge is 2.28. The molecule has 0 unspecified atom stereocenters. The van der Waals surface area contributed by atoms with E-state index in [1.807, 2.05) is 41.1 Å². The minimum atomic E-state index is -0.372. The van der Waals surface area contributed by atoms with Crippen LogP contribution >= 0.6 is 11.3 Å². The number of para-hydroxylation sites is 1. The lowest BCUT2D eigenvalue weighted by Crippen LogP contribution is -2.14. The van der Waals surface area contributed by atoms with Gasteiger partial charge in [0.15, 0.2) is 0 Å². The zero-order valence-electron chi connectivity index (χ0n) is 14.8. The van der Waals surface area contributed by atoms with Crippen LogP contribution in [0.2, 0.25) is 0 Å². The number of hydrogen-bond acceptors (Lipinski definition) is 5. The van der Waals surface area contributed by atoms with Crippen LogP contribution < -0.4 is 0 Å². The molecule has 1 aliphatic heterocycles. The first-order chi connectivity index (χ1) is 13.3. The zero-order valence-corrected chi connectivity index (χ0v) is 15.6. The molecule has 6 heteroatoms. The molecule has 136 valence electrons. The number of rotatable bonds is 2. The molecule has 0 amide bonds. The van der Waals surface area contributed by atoms with Gasteiger partial charge in [-0.3, -0.25) is 0 Å². The number of benzene rings is 1. The van der Waals surface area contributed by atoms with Crippen molar-refractivity contribution in [2.45, 2.75) is 38.0 Å². The third kappa shape index (κ3) is 2.90. The van der Waals surface area contributed by atoms with Gasteiger partial charge in [0.1, 0.15) is 5.76 Å². The van der Waals surface area contributed by atoms with Gasteiger partial charge in [-0.15, -0.1) is 5.10 Å². The average molecular weight is 377 g/mol. The number of aromatic nitrogens is 3. The molecule has 3 aromatic rings. The molecule has 1 saturated carbocycles. The van der Waals surface area contributed by atoms with Crippen molar-refractivity contribution in [1.82, 2.24) is 15.0 Å². The summed E-state index contributed by atoms with van der Waals surface area (Å²) in [6, 6.07) is 9.38. The highest BCUT2D eigenvalue weighted by Crippen LogP contribution is 2.37. The van der Waals surface area contributed by atoms with Gasteiger partial charge in [-0.25, -0.2) is 9.48 Å². The van der Waals surface area contributed by atoms with Crippen molar-refractivity contribution in [3.8, 4) is 5.69 Å². The maximum absolute atomic E-state index is 12.8. The van der Waals surface area contributed by atoms with E-state index in [9.17, 15) is 4.79 Å². The van der Waals surface area contributed by atoms with E-state index in [-0.39, 0.29) is 5.97 Å². The van der Waals surface area contributed by atoms with Crippen LogP contribution in [0.15, 0.2) is 41.1 Å². The fraction of sp³-hybridized carbons (Fsp3) is 0.286. The molecule has 27 heavy (non-hydrogen) atoms. The number of carbonyl (C=O) groups excluding carboxylic acids is 1. The molecule has 0 atom stereocenters. The predicted octanol–water partition coefficient (Wildman–Crippen LogP) is 5.05. The minimum Gasteiger partial charge on any atom is -0.422 e. The van der Waals surface area contributed by atoms with Crippen LogP contribution in [0, 0.1) is 0 Å². The summed E-state index contributed by atoms with van der Waals surface area (Å²) in [5, 5.41) is 13.0. The van der Waals surface area contributed by atoms with Crippen LogP contribution in [0.25, 0.3) is 17.5 Å². The Balaban J connectivity index is 1.72. The maximum Gasteiger partial charge on any atom is 0.345 e. The molecule has 0 spiro atoms. The minimum absolute atomic E-state index is 0.372. The second kappa shape index (κ2) is 6.78. The number of fused-ring (bicyclic) bond motifs is 3. The Morgan fingerprint density at radius 1 is 1.11 bits per heavy atom. The largest absolute Gasteiger partial charge is 0.422 e. The lowest BCUT2D eigenvalue weighted by atomic mass is 9.86. The lowest BCUT2D eigenvalue weighted by Gasteiger charge is -2.21. The van der Waals surface area contributed by atoms with E-state index in [0.29, 0.717) is 22.9 Å². The van der Waals surface area contributed by atoms with Crippen LogP contribution in [0.4, 0.5) is 0 Å². The summed E-state index contributed by atoms with van der Waals surface area (Å²) in [5.41, 5.74) is 4.04. The Morgan fingerprint density at radius 2 is 1.96 bits per heavy atom. The van der Waals surface area contributed by atoms with Gasteiger partial charge in [0.2, 0.25) is 0 Å². The molecule has 3 heterocycles. The van der Waals surface area contributed by atoms with E-state index in [0.717, 1.165) is 29.8 Å². The highest BCUT2D eigenvalue weighted by molar-refractivity contribution is 7.08. The molecular weight excluding hydrogens is 358 g/mol. The van der Waals surface area contributed by atoms with E-state index in [4.69, 9.17) is 4.74 Å². The normalized spacial score (nSPS) is 19.3. The van der Waals surface area contributed by atoms with E-state index >= 15 is 0 Å². The standard InChI is InChI=1S/C21H19N3O2S/c25-21-16-8-4-5-9-17(16)24-18(12-19(26-21)15-10-11-27-13-15)20(22-23-24)14-6-2-1-3-7-14/h4-5,8-14H,1-3,6-7H2/b19-12-. The van der Waals surface area contributed by atoms with Crippen LogP contribution in [0.1, 0.15) is 65.3 Å². The number of ether oxygens (including phenoxy) is 1. The van der Waals surface area contributed by atoms with Crippen molar-refractivity contribution in [3.05, 3.63) is 63.6 Å². The van der Waals surface area contributed by atoms with Crippen LogP contribution in [0.5, 0.6) is 0 Å². The Hall–Kier alpha value is -2.73. The van der Waals surface area contributed by atoms with Gasteiger partial charge in [0.05, 0.1) is 22.6 Å². The van der Waals surface area contributed by atoms with Gasteiger partial charge >= 0.3 is 5.97 Å². The second-order valence-corrected chi connectivity index (χ2v) is 7.81. The third-order valence-corrected chi connectivity index (χ3v) is 6.04. The molecule has 2 aromatic heterocycles. The topological polar surface area (TPSA) is 57.0 Å². The van der Waals surface area contributed by atoms with Gasteiger partial charge in [-0.2, -0.15) is 11.3 Å². The number of thiophene rings is 1. The molecule has 1 aliphatic carbocycles. The van der Waals surface area contributed by atoms with Crippen molar-refractivity contribution in [3.63, 3.8) is 0 Å². The predicted molar refractivity (Wildman–Crippen MR) is 105 cm³/mol. The molecule has 0 N–H and O–H groups in total. The molecule has 0 radical (unpaired) electrons. The molecule has 5 rings (SSSR count). The summed E-state index contributed by atoms with van der Waals surface area (Å²) >= 11 is 1.58. The summed E-state index contributed by atoms with van der Waals surface area (Å²) in [6.45, 7) is 0.